The van der Waals surface area contributed by atoms with Crippen LogP contribution in [0.1, 0.15) is 20.8 Å². The molecule has 0 amide bonds. The standard InChI is InChI=1S/C15H23NOSi/c1-7-11-16-13-9-8-10-14(12-13)17-18(5,6)15(2,3)4/h1,8-10,12,16H,11H2,2-6H3. The third-order valence-corrected chi connectivity index (χ3v) is 7.77. The minimum Gasteiger partial charge on any atom is -0.543 e. The third kappa shape index (κ3) is 3.81. The van der Waals surface area contributed by atoms with Crippen LogP contribution in [0.5, 0.6) is 5.75 Å². The number of benzene rings is 1. The molecule has 1 rings (SSSR count). The molecule has 0 aliphatic heterocycles. The highest BCUT2D eigenvalue weighted by Crippen LogP contribution is 2.37. The second-order valence-electron chi connectivity index (χ2n) is 5.95. The molecule has 98 valence electrons. The molecular weight excluding hydrogens is 238 g/mol. The summed E-state index contributed by atoms with van der Waals surface area (Å²) in [5.74, 6) is 3.48. The monoisotopic (exact) mass is 261 g/mol. The Morgan fingerprint density at radius 1 is 1.33 bits per heavy atom. The summed E-state index contributed by atoms with van der Waals surface area (Å²) < 4.78 is 6.23. The van der Waals surface area contributed by atoms with Crippen LogP contribution >= 0.6 is 0 Å². The van der Waals surface area contributed by atoms with Gasteiger partial charge in [-0.25, -0.2) is 0 Å². The summed E-state index contributed by atoms with van der Waals surface area (Å²) in [6.45, 7) is 11.7. The molecule has 2 nitrogen and oxygen atoms in total. The van der Waals surface area contributed by atoms with Gasteiger partial charge in [0.25, 0.3) is 0 Å². The van der Waals surface area contributed by atoms with Crippen molar-refractivity contribution in [2.45, 2.75) is 38.9 Å². The SMILES string of the molecule is C#CCNc1cccc(O[Si](C)(C)C(C)(C)C)c1. The zero-order valence-corrected chi connectivity index (χ0v) is 13.0. The molecule has 0 unspecified atom stereocenters. The second-order valence-corrected chi connectivity index (χ2v) is 10.7. The first-order valence-corrected chi connectivity index (χ1v) is 9.13. The van der Waals surface area contributed by atoms with Crippen molar-refractivity contribution in [3.8, 4) is 18.1 Å². The number of hydrogen-bond acceptors (Lipinski definition) is 2. The lowest BCUT2D eigenvalue weighted by Gasteiger charge is -2.36. The van der Waals surface area contributed by atoms with Crippen LogP contribution < -0.4 is 9.74 Å². The van der Waals surface area contributed by atoms with Gasteiger partial charge in [-0.2, -0.15) is 0 Å². The van der Waals surface area contributed by atoms with Crippen molar-refractivity contribution in [1.29, 1.82) is 0 Å². The maximum absolute atomic E-state index is 6.23. The van der Waals surface area contributed by atoms with E-state index in [0.29, 0.717) is 6.54 Å². The normalized spacial score (nSPS) is 11.8. The molecule has 0 spiro atoms. The van der Waals surface area contributed by atoms with Gasteiger partial charge in [0.05, 0.1) is 6.54 Å². The maximum Gasteiger partial charge on any atom is 0.250 e. The molecule has 0 fully saturated rings. The van der Waals surface area contributed by atoms with Gasteiger partial charge in [0.2, 0.25) is 8.32 Å². The van der Waals surface area contributed by atoms with E-state index in [0.717, 1.165) is 11.4 Å². The predicted molar refractivity (Wildman–Crippen MR) is 81.6 cm³/mol. The Morgan fingerprint density at radius 3 is 2.56 bits per heavy atom. The van der Waals surface area contributed by atoms with E-state index in [1.807, 2.05) is 24.3 Å². The number of rotatable bonds is 4. The molecule has 0 bridgehead atoms. The second kappa shape index (κ2) is 5.49. The van der Waals surface area contributed by atoms with E-state index < -0.39 is 8.32 Å². The molecule has 0 saturated carbocycles. The van der Waals surface area contributed by atoms with Crippen LogP contribution in [0.15, 0.2) is 24.3 Å². The first-order chi connectivity index (χ1) is 8.26. The third-order valence-electron chi connectivity index (χ3n) is 3.41. The highest BCUT2D eigenvalue weighted by atomic mass is 28.4. The Hall–Kier alpha value is -1.40. The van der Waals surface area contributed by atoms with E-state index in [9.17, 15) is 0 Å². The average Bonchev–Trinajstić information content (AvgIpc) is 2.24. The van der Waals surface area contributed by atoms with Crippen LogP contribution in [-0.2, 0) is 0 Å². The molecule has 0 atom stereocenters. The van der Waals surface area contributed by atoms with E-state index in [4.69, 9.17) is 10.8 Å². The highest BCUT2D eigenvalue weighted by Gasteiger charge is 2.38. The lowest BCUT2D eigenvalue weighted by Crippen LogP contribution is -2.43. The van der Waals surface area contributed by atoms with Crippen molar-refractivity contribution >= 4 is 14.0 Å². The average molecular weight is 261 g/mol. The summed E-state index contributed by atoms with van der Waals surface area (Å²) in [7, 11) is -1.77. The number of terminal acetylenes is 1. The van der Waals surface area contributed by atoms with Crippen molar-refractivity contribution in [3.05, 3.63) is 24.3 Å². The Labute approximate surface area is 112 Å². The predicted octanol–water partition coefficient (Wildman–Crippen LogP) is 4.12. The van der Waals surface area contributed by atoms with E-state index in [2.05, 4.69) is 45.1 Å². The number of nitrogens with one attached hydrogen (secondary N) is 1. The molecule has 0 saturated heterocycles. The topological polar surface area (TPSA) is 21.3 Å². The fourth-order valence-electron chi connectivity index (χ4n) is 1.27. The largest absolute Gasteiger partial charge is 0.543 e. The van der Waals surface area contributed by atoms with Gasteiger partial charge in [0.15, 0.2) is 0 Å². The van der Waals surface area contributed by atoms with Crippen LogP contribution in [0.2, 0.25) is 18.1 Å². The lowest BCUT2D eigenvalue weighted by molar-refractivity contribution is 0.492. The van der Waals surface area contributed by atoms with Crippen molar-refractivity contribution < 1.29 is 4.43 Å². The van der Waals surface area contributed by atoms with E-state index in [1.165, 1.54) is 0 Å². The first kappa shape index (κ1) is 14.7. The van der Waals surface area contributed by atoms with E-state index in [-0.39, 0.29) is 5.04 Å². The van der Waals surface area contributed by atoms with Crippen molar-refractivity contribution in [1.82, 2.24) is 0 Å². The molecule has 3 heteroatoms. The molecule has 1 aromatic carbocycles. The summed E-state index contributed by atoms with van der Waals surface area (Å²) in [5, 5.41) is 3.36. The quantitative estimate of drug-likeness (QED) is 0.650. The zero-order chi connectivity index (χ0) is 13.8. The lowest BCUT2D eigenvalue weighted by atomic mass is 10.2. The van der Waals surface area contributed by atoms with Gasteiger partial charge in [-0.1, -0.05) is 32.8 Å². The number of anilines is 1. The summed E-state index contributed by atoms with van der Waals surface area (Å²) in [4.78, 5) is 0. The molecular formula is C15H23NOSi. The Bertz CT molecular complexity index is 441. The molecule has 1 aromatic rings. The molecule has 0 heterocycles. The van der Waals surface area contributed by atoms with E-state index in [1.54, 1.807) is 0 Å². The summed E-state index contributed by atoms with van der Waals surface area (Å²) in [6.07, 6.45) is 5.24. The van der Waals surface area contributed by atoms with Gasteiger partial charge in [-0.05, 0) is 30.3 Å². The fraction of sp³-hybridized carbons (Fsp3) is 0.467. The molecule has 0 aliphatic carbocycles. The molecule has 0 aromatic heterocycles. The summed E-state index contributed by atoms with van der Waals surface area (Å²) >= 11 is 0. The maximum atomic E-state index is 6.23. The van der Waals surface area contributed by atoms with Gasteiger partial charge in [-0.15, -0.1) is 6.42 Å². The minimum absolute atomic E-state index is 0.204. The Balaban J connectivity index is 2.83. The smallest absolute Gasteiger partial charge is 0.250 e. The Kier molecular flexibility index (Phi) is 4.47. The van der Waals surface area contributed by atoms with Crippen LogP contribution in [0.25, 0.3) is 0 Å². The number of hydrogen-bond donors (Lipinski definition) is 1. The van der Waals surface area contributed by atoms with Crippen molar-refractivity contribution in [3.63, 3.8) is 0 Å². The van der Waals surface area contributed by atoms with Crippen LogP contribution in [0.3, 0.4) is 0 Å². The fourth-order valence-corrected chi connectivity index (χ4v) is 2.29. The van der Waals surface area contributed by atoms with E-state index >= 15 is 0 Å². The minimum atomic E-state index is -1.77. The van der Waals surface area contributed by atoms with Gasteiger partial charge in [0.1, 0.15) is 5.75 Å². The molecule has 0 radical (unpaired) electrons. The summed E-state index contributed by atoms with van der Waals surface area (Å²) in [6, 6.07) is 8.00. The summed E-state index contributed by atoms with van der Waals surface area (Å²) in [5.41, 5.74) is 1.00. The van der Waals surface area contributed by atoms with Crippen molar-refractivity contribution in [2.75, 3.05) is 11.9 Å². The zero-order valence-electron chi connectivity index (χ0n) is 12.0. The molecule has 1 N–H and O–H groups in total. The van der Waals surface area contributed by atoms with Crippen LogP contribution in [0, 0.1) is 12.3 Å². The van der Waals surface area contributed by atoms with Gasteiger partial charge < -0.3 is 9.74 Å². The molecule has 18 heavy (non-hydrogen) atoms. The van der Waals surface area contributed by atoms with Crippen LogP contribution in [0.4, 0.5) is 5.69 Å². The molecule has 0 aliphatic rings. The van der Waals surface area contributed by atoms with Crippen LogP contribution in [-0.4, -0.2) is 14.9 Å². The van der Waals surface area contributed by atoms with Gasteiger partial charge in [-0.3, -0.25) is 0 Å². The first-order valence-electron chi connectivity index (χ1n) is 6.23. The van der Waals surface area contributed by atoms with Gasteiger partial charge in [0, 0.05) is 11.8 Å². The Morgan fingerprint density at radius 2 is 2.00 bits per heavy atom. The van der Waals surface area contributed by atoms with Gasteiger partial charge >= 0.3 is 0 Å². The highest BCUT2D eigenvalue weighted by molar-refractivity contribution is 6.74. The van der Waals surface area contributed by atoms with Crippen molar-refractivity contribution in [2.24, 2.45) is 0 Å².